The Morgan fingerprint density at radius 1 is 1.32 bits per heavy atom. The lowest BCUT2D eigenvalue weighted by molar-refractivity contribution is 0.219. The molecule has 0 fully saturated rings. The fraction of sp³-hybridized carbons (Fsp3) is 0.750. The van der Waals surface area contributed by atoms with Crippen LogP contribution < -0.4 is 5.32 Å². The second-order valence-corrected chi connectivity index (χ2v) is 5.97. The molecule has 1 aromatic rings. The summed E-state index contributed by atoms with van der Waals surface area (Å²) in [6.07, 6.45) is 1.23. The predicted octanol–water partition coefficient (Wildman–Crippen LogP) is 3.56. The first kappa shape index (κ1) is 16.3. The van der Waals surface area contributed by atoms with Gasteiger partial charge >= 0.3 is 0 Å². The maximum absolute atomic E-state index is 5.79. The molecule has 0 saturated heterocycles. The van der Waals surface area contributed by atoms with Gasteiger partial charge in [-0.25, -0.2) is 0 Å². The highest BCUT2D eigenvalue weighted by molar-refractivity contribution is 5.20. The molecule has 0 amide bonds. The highest BCUT2D eigenvalue weighted by Crippen LogP contribution is 2.19. The van der Waals surface area contributed by atoms with Gasteiger partial charge in [-0.05, 0) is 45.8 Å². The Kier molecular flexibility index (Phi) is 6.59. The quantitative estimate of drug-likeness (QED) is 0.780. The number of rotatable bonds is 8. The van der Waals surface area contributed by atoms with Gasteiger partial charge in [0.2, 0.25) is 0 Å². The van der Waals surface area contributed by atoms with Crippen LogP contribution in [0.25, 0.3) is 0 Å². The molecule has 0 aliphatic rings. The zero-order valence-electron chi connectivity index (χ0n) is 13.4. The van der Waals surface area contributed by atoms with Gasteiger partial charge in [0.25, 0.3) is 0 Å². The lowest BCUT2D eigenvalue weighted by Gasteiger charge is -2.25. The van der Waals surface area contributed by atoms with Gasteiger partial charge in [0, 0.05) is 18.2 Å². The van der Waals surface area contributed by atoms with E-state index in [2.05, 4.69) is 57.9 Å². The summed E-state index contributed by atoms with van der Waals surface area (Å²) in [5, 5.41) is 3.30. The number of aryl methyl sites for hydroxylation is 1. The zero-order chi connectivity index (χ0) is 14.4. The van der Waals surface area contributed by atoms with Crippen LogP contribution in [-0.2, 0) is 13.1 Å². The molecule has 1 atom stereocenters. The number of hydrogen-bond donors (Lipinski definition) is 1. The first-order valence-electron chi connectivity index (χ1n) is 7.43. The van der Waals surface area contributed by atoms with Crippen LogP contribution in [-0.4, -0.2) is 24.5 Å². The minimum Gasteiger partial charge on any atom is -0.465 e. The topological polar surface area (TPSA) is 28.4 Å². The van der Waals surface area contributed by atoms with Crippen molar-refractivity contribution in [2.45, 2.75) is 60.2 Å². The van der Waals surface area contributed by atoms with E-state index < -0.39 is 0 Å². The van der Waals surface area contributed by atoms with E-state index in [4.69, 9.17) is 4.42 Å². The maximum Gasteiger partial charge on any atom is 0.118 e. The van der Waals surface area contributed by atoms with Crippen LogP contribution in [0.3, 0.4) is 0 Å². The van der Waals surface area contributed by atoms with Gasteiger partial charge in [-0.15, -0.1) is 0 Å². The van der Waals surface area contributed by atoms with Gasteiger partial charge in [-0.2, -0.15) is 0 Å². The van der Waals surface area contributed by atoms with Crippen molar-refractivity contribution in [3.63, 3.8) is 0 Å². The van der Waals surface area contributed by atoms with E-state index in [0.29, 0.717) is 6.04 Å². The molecule has 1 aromatic heterocycles. The second-order valence-electron chi connectivity index (χ2n) is 5.97. The smallest absolute Gasteiger partial charge is 0.118 e. The van der Waals surface area contributed by atoms with Crippen LogP contribution in [0, 0.1) is 12.8 Å². The van der Waals surface area contributed by atoms with Crippen molar-refractivity contribution in [1.82, 2.24) is 10.2 Å². The van der Waals surface area contributed by atoms with E-state index in [1.165, 1.54) is 12.0 Å². The molecule has 1 rings (SSSR count). The predicted molar refractivity (Wildman–Crippen MR) is 81.2 cm³/mol. The van der Waals surface area contributed by atoms with E-state index in [-0.39, 0.29) is 0 Å². The highest BCUT2D eigenvalue weighted by Gasteiger charge is 2.14. The van der Waals surface area contributed by atoms with Crippen molar-refractivity contribution in [2.24, 2.45) is 5.92 Å². The summed E-state index contributed by atoms with van der Waals surface area (Å²) in [5.74, 6) is 2.84. The van der Waals surface area contributed by atoms with Crippen LogP contribution >= 0.6 is 0 Å². The molecular formula is C16H30N2O. The molecule has 1 unspecified atom stereocenters. The average Bonchev–Trinajstić information content (AvgIpc) is 2.66. The normalized spacial score (nSPS) is 13.5. The summed E-state index contributed by atoms with van der Waals surface area (Å²) < 4.78 is 5.79. The molecule has 0 spiro atoms. The minimum absolute atomic E-state index is 0.603. The van der Waals surface area contributed by atoms with Gasteiger partial charge in [0.05, 0.1) is 6.54 Å². The van der Waals surface area contributed by atoms with Crippen LogP contribution in [0.2, 0.25) is 0 Å². The first-order chi connectivity index (χ1) is 8.93. The fourth-order valence-electron chi connectivity index (χ4n) is 2.37. The van der Waals surface area contributed by atoms with Gasteiger partial charge in [-0.3, -0.25) is 4.90 Å². The lowest BCUT2D eigenvalue weighted by atomic mass is 10.0. The van der Waals surface area contributed by atoms with E-state index in [1.54, 1.807) is 0 Å². The van der Waals surface area contributed by atoms with E-state index in [0.717, 1.165) is 37.1 Å². The molecule has 110 valence electrons. The SMILES string of the molecule is CCNCc1cc(CN(C)C(C)CC(C)C)c(C)o1. The van der Waals surface area contributed by atoms with E-state index >= 15 is 0 Å². The Balaban J connectivity index is 2.58. The van der Waals surface area contributed by atoms with Crippen LogP contribution in [0.4, 0.5) is 0 Å². The van der Waals surface area contributed by atoms with Crippen LogP contribution in [0.15, 0.2) is 10.5 Å². The molecule has 0 saturated carbocycles. The molecule has 1 heterocycles. The molecule has 3 heteroatoms. The fourth-order valence-corrected chi connectivity index (χ4v) is 2.37. The summed E-state index contributed by atoms with van der Waals surface area (Å²) >= 11 is 0. The minimum atomic E-state index is 0.603. The number of hydrogen-bond acceptors (Lipinski definition) is 3. The summed E-state index contributed by atoms with van der Waals surface area (Å²) in [6, 6.07) is 2.79. The average molecular weight is 266 g/mol. The molecular weight excluding hydrogens is 236 g/mol. The molecule has 0 bridgehead atoms. The van der Waals surface area contributed by atoms with Crippen molar-refractivity contribution in [3.05, 3.63) is 23.2 Å². The standard InChI is InChI=1S/C16H30N2O/c1-7-17-10-16-9-15(14(5)19-16)11-18(6)13(4)8-12(2)3/h9,12-13,17H,7-8,10-11H2,1-6H3. The van der Waals surface area contributed by atoms with Gasteiger partial charge in [-0.1, -0.05) is 20.8 Å². The molecule has 3 nitrogen and oxygen atoms in total. The largest absolute Gasteiger partial charge is 0.465 e. The van der Waals surface area contributed by atoms with Crippen molar-refractivity contribution >= 4 is 0 Å². The third-order valence-corrected chi connectivity index (χ3v) is 3.61. The Morgan fingerprint density at radius 2 is 2.00 bits per heavy atom. The monoisotopic (exact) mass is 266 g/mol. The molecule has 0 aliphatic carbocycles. The van der Waals surface area contributed by atoms with Gasteiger partial charge < -0.3 is 9.73 Å². The molecule has 0 aliphatic heterocycles. The van der Waals surface area contributed by atoms with Crippen molar-refractivity contribution in [1.29, 1.82) is 0 Å². The van der Waals surface area contributed by atoms with Crippen molar-refractivity contribution < 1.29 is 4.42 Å². The van der Waals surface area contributed by atoms with Crippen LogP contribution in [0.1, 0.15) is 51.2 Å². The zero-order valence-corrected chi connectivity index (χ0v) is 13.4. The van der Waals surface area contributed by atoms with Crippen molar-refractivity contribution in [3.8, 4) is 0 Å². The molecule has 0 radical (unpaired) electrons. The summed E-state index contributed by atoms with van der Waals surface area (Å²) in [6.45, 7) is 13.8. The first-order valence-corrected chi connectivity index (χ1v) is 7.43. The number of furan rings is 1. The highest BCUT2D eigenvalue weighted by atomic mass is 16.3. The Labute approximate surface area is 118 Å². The van der Waals surface area contributed by atoms with E-state index in [1.807, 2.05) is 0 Å². The Hall–Kier alpha value is -0.800. The van der Waals surface area contributed by atoms with Crippen molar-refractivity contribution in [2.75, 3.05) is 13.6 Å². The third-order valence-electron chi connectivity index (χ3n) is 3.61. The Morgan fingerprint density at radius 3 is 2.58 bits per heavy atom. The summed E-state index contributed by atoms with van der Waals surface area (Å²) in [4.78, 5) is 2.41. The second kappa shape index (κ2) is 7.71. The Bertz CT molecular complexity index is 371. The molecule has 1 N–H and O–H groups in total. The number of nitrogens with zero attached hydrogens (tertiary/aromatic N) is 1. The van der Waals surface area contributed by atoms with Gasteiger partial charge in [0.1, 0.15) is 11.5 Å². The molecule has 0 aromatic carbocycles. The maximum atomic E-state index is 5.79. The van der Waals surface area contributed by atoms with E-state index in [9.17, 15) is 0 Å². The summed E-state index contributed by atoms with van der Waals surface area (Å²) in [7, 11) is 2.20. The van der Waals surface area contributed by atoms with Crippen LogP contribution in [0.5, 0.6) is 0 Å². The van der Waals surface area contributed by atoms with Gasteiger partial charge in [0.15, 0.2) is 0 Å². The number of nitrogens with one attached hydrogen (secondary N) is 1. The third kappa shape index (κ3) is 5.37. The lowest BCUT2D eigenvalue weighted by Crippen LogP contribution is -2.29. The molecule has 19 heavy (non-hydrogen) atoms. The summed E-state index contributed by atoms with van der Waals surface area (Å²) in [5.41, 5.74) is 1.31.